The molecule has 27 heavy (non-hydrogen) atoms. The maximum absolute atomic E-state index is 5.50. The molecule has 0 unspecified atom stereocenters. The number of nitrogens with one attached hydrogen (secondary N) is 1. The minimum absolute atomic E-state index is 0.602. The predicted octanol–water partition coefficient (Wildman–Crippen LogP) is 3.39. The molecular weight excluding hydrogens is 336 g/mol. The Morgan fingerprint density at radius 3 is 2.89 bits per heavy atom. The van der Waals surface area contributed by atoms with Gasteiger partial charge in [-0.15, -0.1) is 0 Å². The first-order chi connectivity index (χ1) is 13.4. The average Bonchev–Trinajstić information content (AvgIpc) is 3.36. The molecule has 1 aromatic carbocycles. The van der Waals surface area contributed by atoms with E-state index in [9.17, 15) is 0 Å². The lowest BCUT2D eigenvalue weighted by atomic mass is 9.98. The van der Waals surface area contributed by atoms with Crippen LogP contribution in [0.5, 0.6) is 0 Å². The van der Waals surface area contributed by atoms with Crippen LogP contribution in [0.1, 0.15) is 23.5 Å². The van der Waals surface area contributed by atoms with Gasteiger partial charge in [0, 0.05) is 55.0 Å². The van der Waals surface area contributed by atoms with E-state index in [0.717, 1.165) is 51.8 Å². The van der Waals surface area contributed by atoms with Crippen LogP contribution in [0, 0.1) is 0 Å². The van der Waals surface area contributed by atoms with Crippen molar-refractivity contribution in [2.45, 2.75) is 18.9 Å². The third kappa shape index (κ3) is 3.33. The number of rotatable bonds is 4. The fourth-order valence-corrected chi connectivity index (χ4v) is 4.52. The fraction of sp³-hybridized carbons (Fsp3) is 0.409. The predicted molar refractivity (Wildman–Crippen MR) is 108 cm³/mol. The first-order valence-electron chi connectivity index (χ1n) is 9.93. The molecule has 2 fully saturated rings. The average molecular weight is 362 g/mol. The molecule has 1 atom stereocenters. The Balaban J connectivity index is 1.32. The van der Waals surface area contributed by atoms with E-state index in [4.69, 9.17) is 9.72 Å². The Kier molecular flexibility index (Phi) is 4.56. The zero-order valence-electron chi connectivity index (χ0n) is 15.6. The summed E-state index contributed by atoms with van der Waals surface area (Å²) in [6.45, 7) is 6.68. The first-order valence-corrected chi connectivity index (χ1v) is 9.93. The molecule has 0 bridgehead atoms. The van der Waals surface area contributed by atoms with E-state index in [1.807, 2.05) is 6.20 Å². The molecule has 5 heteroatoms. The molecule has 0 spiro atoms. The van der Waals surface area contributed by atoms with Gasteiger partial charge in [0.1, 0.15) is 5.82 Å². The number of aromatic amines is 1. The summed E-state index contributed by atoms with van der Waals surface area (Å²) in [7, 11) is 0. The van der Waals surface area contributed by atoms with Gasteiger partial charge in [0.05, 0.1) is 13.2 Å². The van der Waals surface area contributed by atoms with Gasteiger partial charge in [-0.3, -0.25) is 4.90 Å². The highest BCUT2D eigenvalue weighted by molar-refractivity contribution is 5.83. The second-order valence-electron chi connectivity index (χ2n) is 7.60. The second kappa shape index (κ2) is 7.33. The number of hydrogen-bond acceptors (Lipinski definition) is 4. The molecule has 5 nitrogen and oxygen atoms in total. The molecule has 5 rings (SSSR count). The van der Waals surface area contributed by atoms with E-state index in [0.29, 0.717) is 5.92 Å². The molecule has 0 saturated carbocycles. The highest BCUT2D eigenvalue weighted by atomic mass is 16.5. The van der Waals surface area contributed by atoms with Crippen molar-refractivity contribution in [3.63, 3.8) is 0 Å². The van der Waals surface area contributed by atoms with Crippen LogP contribution in [0.4, 0.5) is 5.82 Å². The van der Waals surface area contributed by atoms with Crippen molar-refractivity contribution >= 4 is 16.7 Å². The Morgan fingerprint density at radius 1 is 1.07 bits per heavy atom. The molecule has 0 radical (unpaired) electrons. The number of aromatic nitrogens is 2. The number of benzene rings is 1. The van der Waals surface area contributed by atoms with Crippen LogP contribution in [0.15, 0.2) is 48.8 Å². The highest BCUT2D eigenvalue weighted by Crippen LogP contribution is 2.33. The third-order valence-corrected chi connectivity index (χ3v) is 5.91. The Bertz CT molecular complexity index is 915. The highest BCUT2D eigenvalue weighted by Gasteiger charge is 2.27. The summed E-state index contributed by atoms with van der Waals surface area (Å²) >= 11 is 0. The summed E-state index contributed by atoms with van der Waals surface area (Å²) in [5.41, 5.74) is 4.04. The molecular formula is C22H26N4O. The maximum atomic E-state index is 5.50. The lowest BCUT2D eigenvalue weighted by molar-refractivity contribution is 0.122. The number of para-hydroxylation sites is 1. The molecule has 0 aliphatic carbocycles. The Hall–Kier alpha value is -2.37. The molecule has 2 aliphatic rings. The monoisotopic (exact) mass is 362 g/mol. The van der Waals surface area contributed by atoms with Gasteiger partial charge >= 0.3 is 0 Å². The zero-order valence-corrected chi connectivity index (χ0v) is 15.6. The number of pyridine rings is 1. The summed E-state index contributed by atoms with van der Waals surface area (Å²) in [6, 6.07) is 12.9. The number of anilines is 1. The Labute approximate surface area is 160 Å². The van der Waals surface area contributed by atoms with Gasteiger partial charge in [-0.1, -0.05) is 24.3 Å². The van der Waals surface area contributed by atoms with Crippen LogP contribution >= 0.6 is 0 Å². The van der Waals surface area contributed by atoms with E-state index < -0.39 is 0 Å². The number of likely N-dealkylation sites (tertiary alicyclic amines) is 1. The molecule has 4 heterocycles. The van der Waals surface area contributed by atoms with Gasteiger partial charge in [-0.25, -0.2) is 4.98 Å². The van der Waals surface area contributed by atoms with Crippen LogP contribution in [0.3, 0.4) is 0 Å². The van der Waals surface area contributed by atoms with Crippen LogP contribution in [0.2, 0.25) is 0 Å². The van der Waals surface area contributed by atoms with E-state index in [1.165, 1.54) is 28.5 Å². The van der Waals surface area contributed by atoms with Crippen molar-refractivity contribution in [3.05, 3.63) is 59.9 Å². The Morgan fingerprint density at radius 2 is 1.96 bits per heavy atom. The van der Waals surface area contributed by atoms with E-state index in [2.05, 4.69) is 57.4 Å². The van der Waals surface area contributed by atoms with Crippen LogP contribution in [0.25, 0.3) is 10.9 Å². The summed E-state index contributed by atoms with van der Waals surface area (Å²) in [5, 5.41) is 1.37. The van der Waals surface area contributed by atoms with E-state index in [-0.39, 0.29) is 0 Å². The summed E-state index contributed by atoms with van der Waals surface area (Å²) in [6.07, 6.45) is 5.34. The number of hydrogen-bond donors (Lipinski definition) is 1. The second-order valence-corrected chi connectivity index (χ2v) is 7.60. The van der Waals surface area contributed by atoms with Crippen LogP contribution < -0.4 is 4.90 Å². The van der Waals surface area contributed by atoms with E-state index in [1.54, 1.807) is 0 Å². The van der Waals surface area contributed by atoms with Crippen molar-refractivity contribution in [3.8, 4) is 0 Å². The van der Waals surface area contributed by atoms with Crippen molar-refractivity contribution < 1.29 is 4.74 Å². The number of morpholine rings is 1. The lowest BCUT2D eigenvalue weighted by Gasteiger charge is -2.30. The topological polar surface area (TPSA) is 44.4 Å². The van der Waals surface area contributed by atoms with Crippen molar-refractivity contribution in [1.29, 1.82) is 0 Å². The van der Waals surface area contributed by atoms with Crippen molar-refractivity contribution in [1.82, 2.24) is 14.9 Å². The van der Waals surface area contributed by atoms with Crippen molar-refractivity contribution in [2.75, 3.05) is 44.3 Å². The molecule has 2 saturated heterocycles. The van der Waals surface area contributed by atoms with Gasteiger partial charge in [0.2, 0.25) is 0 Å². The molecule has 1 N–H and O–H groups in total. The van der Waals surface area contributed by atoms with Gasteiger partial charge in [-0.2, -0.15) is 0 Å². The number of H-pyrrole nitrogens is 1. The lowest BCUT2D eigenvalue weighted by Crippen LogP contribution is -2.37. The van der Waals surface area contributed by atoms with Gasteiger partial charge < -0.3 is 14.6 Å². The standard InChI is InChI=1S/C22H26N4O/c1-2-6-21-19(5-1)20(14-24-21)17-7-9-25(15-17)16-18-4-3-8-23-22(18)26-10-12-27-13-11-26/h1-6,8,14,17,24H,7,9-13,15-16H2/t17-/m0/s1. The normalized spacial score (nSPS) is 21.2. The third-order valence-electron chi connectivity index (χ3n) is 5.91. The molecule has 3 aromatic rings. The SMILES string of the molecule is c1cnc(N2CCOCC2)c(CN2CC[C@H](c3c[nH]c4ccccc34)C2)c1. The number of ether oxygens (including phenoxy) is 1. The number of nitrogens with zero attached hydrogens (tertiary/aromatic N) is 3. The number of fused-ring (bicyclic) bond motifs is 1. The smallest absolute Gasteiger partial charge is 0.133 e. The largest absolute Gasteiger partial charge is 0.378 e. The molecule has 140 valence electrons. The maximum Gasteiger partial charge on any atom is 0.133 e. The quantitative estimate of drug-likeness (QED) is 0.773. The summed E-state index contributed by atoms with van der Waals surface area (Å²) in [4.78, 5) is 13.1. The fourth-order valence-electron chi connectivity index (χ4n) is 4.52. The molecule has 2 aliphatic heterocycles. The van der Waals surface area contributed by atoms with E-state index >= 15 is 0 Å². The minimum Gasteiger partial charge on any atom is -0.378 e. The van der Waals surface area contributed by atoms with Crippen LogP contribution in [-0.2, 0) is 11.3 Å². The molecule has 0 amide bonds. The van der Waals surface area contributed by atoms with Gasteiger partial charge in [-0.05, 0) is 36.6 Å². The van der Waals surface area contributed by atoms with Gasteiger partial charge in [0.25, 0.3) is 0 Å². The first kappa shape index (κ1) is 16.8. The van der Waals surface area contributed by atoms with Gasteiger partial charge in [0.15, 0.2) is 0 Å². The van der Waals surface area contributed by atoms with Crippen LogP contribution in [-0.4, -0.2) is 54.3 Å². The molecule has 2 aromatic heterocycles. The minimum atomic E-state index is 0.602. The summed E-state index contributed by atoms with van der Waals surface area (Å²) < 4.78 is 5.50. The zero-order chi connectivity index (χ0) is 18.1. The summed E-state index contributed by atoms with van der Waals surface area (Å²) in [5.74, 6) is 1.74. The van der Waals surface area contributed by atoms with Crippen molar-refractivity contribution in [2.24, 2.45) is 0 Å².